The molecule has 1 saturated heterocycles. The Hall–Kier alpha value is -0.860. The summed E-state index contributed by atoms with van der Waals surface area (Å²) in [7, 11) is -1.21. The molecule has 2 heterocycles. The van der Waals surface area contributed by atoms with Crippen molar-refractivity contribution in [3.63, 3.8) is 0 Å². The highest BCUT2D eigenvalue weighted by molar-refractivity contribution is 7.91. The number of likely N-dealkylation sites (tertiary alicyclic amines) is 1. The van der Waals surface area contributed by atoms with Gasteiger partial charge in [-0.2, -0.15) is 4.37 Å². The summed E-state index contributed by atoms with van der Waals surface area (Å²) in [6, 6.07) is 0. The zero-order valence-electron chi connectivity index (χ0n) is 12.6. The minimum absolute atomic E-state index is 0.110. The predicted molar refractivity (Wildman–Crippen MR) is 87.6 cm³/mol. The fourth-order valence-corrected chi connectivity index (χ4v) is 5.21. The van der Waals surface area contributed by atoms with Crippen molar-refractivity contribution in [2.24, 2.45) is 5.92 Å². The van der Waals surface area contributed by atoms with Crippen LogP contribution in [0.2, 0.25) is 0 Å². The topological polar surface area (TPSA) is 88.3 Å². The van der Waals surface area contributed by atoms with Gasteiger partial charge in [0.05, 0.1) is 5.75 Å². The van der Waals surface area contributed by atoms with Crippen molar-refractivity contribution in [3.05, 3.63) is 0 Å². The minimum Gasteiger partial charge on any atom is -0.382 e. The summed E-state index contributed by atoms with van der Waals surface area (Å²) < 4.78 is 28.5. The molecule has 2 rings (SSSR count). The predicted octanol–water partition coefficient (Wildman–Crippen LogP) is 1.66. The van der Waals surface area contributed by atoms with Crippen LogP contribution in [-0.4, -0.2) is 50.1 Å². The smallest absolute Gasteiger partial charge is 0.185 e. The number of nitrogens with two attached hydrogens (primary N) is 1. The van der Waals surface area contributed by atoms with Crippen molar-refractivity contribution >= 4 is 32.2 Å². The van der Waals surface area contributed by atoms with E-state index in [0.717, 1.165) is 44.0 Å². The quantitative estimate of drug-likeness (QED) is 0.824. The number of hydrogen-bond donors (Lipinski definition) is 2. The van der Waals surface area contributed by atoms with E-state index in [1.165, 1.54) is 0 Å². The lowest BCUT2D eigenvalue weighted by atomic mass is 9.97. The van der Waals surface area contributed by atoms with E-state index in [1.807, 2.05) is 6.92 Å². The molecule has 3 N–H and O–H groups in total. The molecule has 0 saturated carbocycles. The maximum absolute atomic E-state index is 12.3. The maximum atomic E-state index is 12.3. The van der Waals surface area contributed by atoms with E-state index < -0.39 is 9.84 Å². The number of anilines is 2. The molecule has 0 spiro atoms. The molecule has 120 valence electrons. The van der Waals surface area contributed by atoms with Gasteiger partial charge in [-0.05, 0) is 56.9 Å². The van der Waals surface area contributed by atoms with Crippen molar-refractivity contribution in [3.8, 4) is 0 Å². The highest BCUT2D eigenvalue weighted by Gasteiger charge is 2.25. The summed E-state index contributed by atoms with van der Waals surface area (Å²) in [5, 5.41) is 3.86. The molecule has 1 aliphatic heterocycles. The zero-order chi connectivity index (χ0) is 15.5. The fraction of sp³-hybridized carbons (Fsp3) is 0.769. The van der Waals surface area contributed by atoms with E-state index in [1.54, 1.807) is 0 Å². The number of nitrogens with one attached hydrogen (secondary N) is 1. The molecule has 0 unspecified atom stereocenters. The summed E-state index contributed by atoms with van der Waals surface area (Å²) in [5.74, 6) is 0.809. The highest BCUT2D eigenvalue weighted by atomic mass is 32.2. The van der Waals surface area contributed by atoms with Gasteiger partial charge in [0.25, 0.3) is 0 Å². The molecule has 0 bridgehead atoms. The number of hydrogen-bond acceptors (Lipinski definition) is 7. The first-order valence-electron chi connectivity index (χ1n) is 7.34. The lowest BCUT2D eigenvalue weighted by Gasteiger charge is -2.29. The van der Waals surface area contributed by atoms with Crippen molar-refractivity contribution < 1.29 is 8.42 Å². The zero-order valence-corrected chi connectivity index (χ0v) is 14.3. The Bertz CT molecular complexity index is 563. The standard InChI is InChI=1S/C13H24N4O2S2/c1-3-8-21(18,19)11-12(14)16-20-13(11)15-9-10-4-6-17(2)7-5-10/h10,15H,3-9H2,1-2H3,(H2,14,16). The Morgan fingerprint density at radius 3 is 2.71 bits per heavy atom. The van der Waals surface area contributed by atoms with Crippen LogP contribution in [-0.2, 0) is 9.84 Å². The van der Waals surface area contributed by atoms with Gasteiger partial charge in [-0.1, -0.05) is 6.92 Å². The number of rotatable bonds is 6. The van der Waals surface area contributed by atoms with Gasteiger partial charge in [0, 0.05) is 6.54 Å². The van der Waals surface area contributed by atoms with Gasteiger partial charge in [0.15, 0.2) is 15.7 Å². The molecule has 21 heavy (non-hydrogen) atoms. The lowest BCUT2D eigenvalue weighted by Crippen LogP contribution is -2.33. The molecular formula is C13H24N4O2S2. The van der Waals surface area contributed by atoms with Gasteiger partial charge in [-0.3, -0.25) is 0 Å². The van der Waals surface area contributed by atoms with Crippen LogP contribution in [0.4, 0.5) is 10.8 Å². The Morgan fingerprint density at radius 2 is 2.10 bits per heavy atom. The first-order chi connectivity index (χ1) is 9.94. The van der Waals surface area contributed by atoms with Gasteiger partial charge >= 0.3 is 0 Å². The molecular weight excluding hydrogens is 308 g/mol. The maximum Gasteiger partial charge on any atom is 0.185 e. The third-order valence-corrected chi connectivity index (χ3v) is 6.78. The minimum atomic E-state index is -3.34. The summed E-state index contributed by atoms with van der Waals surface area (Å²) in [5.41, 5.74) is 5.76. The average molecular weight is 332 g/mol. The second-order valence-electron chi connectivity index (χ2n) is 5.67. The molecule has 0 aliphatic carbocycles. The molecule has 1 aromatic rings. The first kappa shape index (κ1) is 16.5. The Kier molecular flexibility index (Phi) is 5.45. The van der Waals surface area contributed by atoms with E-state index >= 15 is 0 Å². The molecule has 6 nitrogen and oxygen atoms in total. The van der Waals surface area contributed by atoms with Gasteiger partial charge < -0.3 is 16.0 Å². The Labute approximate surface area is 130 Å². The van der Waals surface area contributed by atoms with Gasteiger partial charge in [0.2, 0.25) is 0 Å². The lowest BCUT2D eigenvalue weighted by molar-refractivity contribution is 0.226. The SMILES string of the molecule is CCCS(=O)(=O)c1c(N)nsc1NCC1CCN(C)CC1. The van der Waals surface area contributed by atoms with E-state index in [0.29, 0.717) is 17.3 Å². The number of nitrogen functional groups attached to an aromatic ring is 1. The number of aromatic nitrogens is 1. The van der Waals surface area contributed by atoms with Gasteiger partial charge in [0.1, 0.15) is 9.90 Å². The second-order valence-corrected chi connectivity index (χ2v) is 8.49. The molecule has 1 fully saturated rings. The van der Waals surface area contributed by atoms with Crippen LogP contribution in [0.5, 0.6) is 0 Å². The number of piperidine rings is 1. The number of nitrogens with zero attached hydrogens (tertiary/aromatic N) is 2. The molecule has 8 heteroatoms. The Morgan fingerprint density at radius 1 is 1.43 bits per heavy atom. The third-order valence-electron chi connectivity index (χ3n) is 3.85. The summed E-state index contributed by atoms with van der Waals surface area (Å²) in [6.45, 7) is 4.82. The second kappa shape index (κ2) is 6.93. The molecule has 1 aromatic heterocycles. The summed E-state index contributed by atoms with van der Waals surface area (Å²) >= 11 is 1.14. The summed E-state index contributed by atoms with van der Waals surface area (Å²) in [6.07, 6.45) is 2.84. The van der Waals surface area contributed by atoms with Crippen LogP contribution in [0.15, 0.2) is 4.90 Å². The van der Waals surface area contributed by atoms with Crippen molar-refractivity contribution in [1.82, 2.24) is 9.27 Å². The molecule has 0 amide bonds. The summed E-state index contributed by atoms with van der Waals surface area (Å²) in [4.78, 5) is 2.51. The van der Waals surface area contributed by atoms with Crippen LogP contribution >= 0.6 is 11.5 Å². The van der Waals surface area contributed by atoms with Crippen molar-refractivity contribution in [2.75, 3.05) is 43.5 Å². The number of sulfone groups is 1. The van der Waals surface area contributed by atoms with Crippen molar-refractivity contribution in [1.29, 1.82) is 0 Å². The first-order valence-corrected chi connectivity index (χ1v) is 9.77. The van der Waals surface area contributed by atoms with Crippen LogP contribution in [0.3, 0.4) is 0 Å². The molecule has 0 aromatic carbocycles. The average Bonchev–Trinajstić information content (AvgIpc) is 2.80. The van der Waals surface area contributed by atoms with E-state index in [2.05, 4.69) is 21.6 Å². The highest BCUT2D eigenvalue weighted by Crippen LogP contribution is 2.33. The van der Waals surface area contributed by atoms with E-state index in [-0.39, 0.29) is 16.5 Å². The van der Waals surface area contributed by atoms with Gasteiger partial charge in [-0.25, -0.2) is 8.42 Å². The van der Waals surface area contributed by atoms with Crippen LogP contribution in [0.25, 0.3) is 0 Å². The Balaban J connectivity index is 2.04. The van der Waals surface area contributed by atoms with Gasteiger partial charge in [-0.15, -0.1) is 0 Å². The normalized spacial score (nSPS) is 18.0. The third kappa shape index (κ3) is 4.08. The van der Waals surface area contributed by atoms with Crippen LogP contribution < -0.4 is 11.1 Å². The molecule has 0 atom stereocenters. The monoisotopic (exact) mass is 332 g/mol. The molecule has 1 aliphatic rings. The molecule has 0 radical (unpaired) electrons. The van der Waals surface area contributed by atoms with E-state index in [4.69, 9.17) is 5.73 Å². The van der Waals surface area contributed by atoms with E-state index in [9.17, 15) is 8.42 Å². The van der Waals surface area contributed by atoms with Crippen LogP contribution in [0.1, 0.15) is 26.2 Å². The van der Waals surface area contributed by atoms with Crippen LogP contribution in [0, 0.1) is 5.92 Å². The van der Waals surface area contributed by atoms with Crippen molar-refractivity contribution in [2.45, 2.75) is 31.1 Å². The largest absolute Gasteiger partial charge is 0.382 e. The fourth-order valence-electron chi connectivity index (χ4n) is 2.58.